The molecule has 0 aliphatic carbocycles. The van der Waals surface area contributed by atoms with Crippen LogP contribution in [0.3, 0.4) is 0 Å². The van der Waals surface area contributed by atoms with E-state index < -0.39 is 23.8 Å². The Bertz CT molecular complexity index is 971. The van der Waals surface area contributed by atoms with Gasteiger partial charge in [-0.3, -0.25) is 0 Å². The van der Waals surface area contributed by atoms with Crippen LogP contribution in [-0.2, 0) is 13.0 Å². The maximum atomic E-state index is 13.8. The van der Waals surface area contributed by atoms with Gasteiger partial charge in [-0.05, 0) is 6.42 Å². The molecule has 1 aromatic carbocycles. The van der Waals surface area contributed by atoms with E-state index in [9.17, 15) is 13.2 Å². The number of nitrogens with zero attached hydrogens (tertiary/aromatic N) is 5. The summed E-state index contributed by atoms with van der Waals surface area (Å²) in [6, 6.07) is 1.47. The highest BCUT2D eigenvalue weighted by atomic mass is 19.2. The van der Waals surface area contributed by atoms with Gasteiger partial charge in [0, 0.05) is 31.6 Å². The summed E-state index contributed by atoms with van der Waals surface area (Å²) in [5.41, 5.74) is 6.54. The minimum atomic E-state index is -1.08. The number of hydrogen-bond acceptors (Lipinski definition) is 6. The molecular formula is C17H19F3N6O. The molecule has 2 atom stereocenters. The largest absolute Gasteiger partial charge is 0.340 e. The Hall–Kier alpha value is -2.62. The standard InChI is InChI=1S/C17H19F3N6O/c1-2-16-23-15(24-27-16)8-26-14-6-11(20)10(19)5-13(14)22-17(26)25-4-3-9(18)12(21)7-25/h5-6,9,12H,2-4,7-8,21H2,1H3/t9?,12-/m1/s1. The van der Waals surface area contributed by atoms with Crippen LogP contribution < -0.4 is 10.6 Å². The Morgan fingerprint density at radius 3 is 2.74 bits per heavy atom. The SMILES string of the molecule is CCc1nc(Cn2c(N3CCC(F)[C@H](N)C3)nc3cc(F)c(F)cc32)no1. The molecule has 0 saturated carbocycles. The van der Waals surface area contributed by atoms with E-state index in [0.29, 0.717) is 41.7 Å². The Labute approximate surface area is 153 Å². The van der Waals surface area contributed by atoms with E-state index in [1.807, 2.05) is 11.8 Å². The third-order valence-electron chi connectivity index (χ3n) is 4.74. The van der Waals surface area contributed by atoms with Crippen LogP contribution in [0.2, 0.25) is 0 Å². The molecular weight excluding hydrogens is 361 g/mol. The van der Waals surface area contributed by atoms with Crippen molar-refractivity contribution >= 4 is 17.0 Å². The van der Waals surface area contributed by atoms with E-state index in [2.05, 4.69) is 15.1 Å². The van der Waals surface area contributed by atoms with Crippen LogP contribution in [0.15, 0.2) is 16.7 Å². The van der Waals surface area contributed by atoms with Crippen molar-refractivity contribution in [1.82, 2.24) is 19.7 Å². The van der Waals surface area contributed by atoms with Crippen LogP contribution in [0.1, 0.15) is 25.1 Å². The number of rotatable bonds is 4. The molecule has 10 heteroatoms. The number of benzene rings is 1. The first-order valence-corrected chi connectivity index (χ1v) is 8.77. The fourth-order valence-electron chi connectivity index (χ4n) is 3.28. The number of nitrogens with two attached hydrogens (primary N) is 1. The minimum absolute atomic E-state index is 0.158. The average molecular weight is 380 g/mol. The molecule has 3 heterocycles. The Kier molecular flexibility index (Phi) is 4.50. The molecule has 0 bridgehead atoms. The number of alkyl halides is 1. The van der Waals surface area contributed by atoms with Gasteiger partial charge < -0.3 is 19.7 Å². The summed E-state index contributed by atoms with van der Waals surface area (Å²) in [4.78, 5) is 10.5. The molecule has 2 N–H and O–H groups in total. The number of piperidine rings is 1. The molecule has 1 fully saturated rings. The Morgan fingerprint density at radius 1 is 1.26 bits per heavy atom. The van der Waals surface area contributed by atoms with Crippen LogP contribution in [0.25, 0.3) is 11.0 Å². The van der Waals surface area contributed by atoms with E-state index >= 15 is 0 Å². The normalized spacial score (nSPS) is 20.6. The molecule has 0 amide bonds. The molecule has 3 aromatic rings. The summed E-state index contributed by atoms with van der Waals surface area (Å²) in [5, 5.41) is 3.92. The van der Waals surface area contributed by atoms with E-state index in [-0.39, 0.29) is 19.5 Å². The number of anilines is 1. The summed E-state index contributed by atoms with van der Waals surface area (Å²) >= 11 is 0. The Balaban J connectivity index is 1.79. The van der Waals surface area contributed by atoms with Crippen molar-refractivity contribution in [3.63, 3.8) is 0 Å². The first-order valence-electron chi connectivity index (χ1n) is 8.77. The quantitative estimate of drug-likeness (QED) is 0.747. The summed E-state index contributed by atoms with van der Waals surface area (Å²) in [7, 11) is 0. The lowest BCUT2D eigenvalue weighted by Gasteiger charge is -2.33. The molecule has 4 rings (SSSR count). The van der Waals surface area contributed by atoms with E-state index in [1.165, 1.54) is 0 Å². The van der Waals surface area contributed by atoms with Crippen LogP contribution in [0, 0.1) is 11.6 Å². The molecule has 1 aliphatic heterocycles. The highest BCUT2D eigenvalue weighted by molar-refractivity contribution is 5.79. The van der Waals surface area contributed by atoms with Gasteiger partial charge in [-0.25, -0.2) is 18.2 Å². The van der Waals surface area contributed by atoms with E-state index in [4.69, 9.17) is 10.3 Å². The predicted molar refractivity (Wildman–Crippen MR) is 92.1 cm³/mol. The highest BCUT2D eigenvalue weighted by Gasteiger charge is 2.29. The van der Waals surface area contributed by atoms with Crippen molar-refractivity contribution in [2.45, 2.75) is 38.5 Å². The summed E-state index contributed by atoms with van der Waals surface area (Å²) in [6.07, 6.45) is -0.239. The van der Waals surface area contributed by atoms with Gasteiger partial charge in [0.15, 0.2) is 17.5 Å². The first-order chi connectivity index (χ1) is 13.0. The Morgan fingerprint density at radius 2 is 2.04 bits per heavy atom. The van der Waals surface area contributed by atoms with Gasteiger partial charge in [0.1, 0.15) is 6.17 Å². The number of halogens is 3. The maximum absolute atomic E-state index is 13.8. The number of hydrogen-bond donors (Lipinski definition) is 1. The second kappa shape index (κ2) is 6.84. The zero-order chi connectivity index (χ0) is 19.1. The molecule has 1 saturated heterocycles. The number of aromatic nitrogens is 4. The molecule has 144 valence electrons. The fourth-order valence-corrected chi connectivity index (χ4v) is 3.28. The number of fused-ring (bicyclic) bond motifs is 1. The molecule has 1 unspecified atom stereocenters. The van der Waals surface area contributed by atoms with Gasteiger partial charge in [-0.2, -0.15) is 4.98 Å². The number of imidazole rings is 1. The topological polar surface area (TPSA) is 86.0 Å². The van der Waals surface area contributed by atoms with Crippen molar-refractivity contribution in [2.75, 3.05) is 18.0 Å². The average Bonchev–Trinajstić information content (AvgIpc) is 3.23. The lowest BCUT2D eigenvalue weighted by Crippen LogP contribution is -2.50. The lowest BCUT2D eigenvalue weighted by atomic mass is 10.1. The maximum Gasteiger partial charge on any atom is 0.226 e. The number of aryl methyl sites for hydroxylation is 1. The van der Waals surface area contributed by atoms with Crippen LogP contribution >= 0.6 is 0 Å². The third-order valence-corrected chi connectivity index (χ3v) is 4.74. The van der Waals surface area contributed by atoms with E-state index in [1.54, 1.807) is 4.57 Å². The van der Waals surface area contributed by atoms with Crippen molar-refractivity contribution in [1.29, 1.82) is 0 Å². The molecule has 27 heavy (non-hydrogen) atoms. The zero-order valence-corrected chi connectivity index (χ0v) is 14.7. The smallest absolute Gasteiger partial charge is 0.226 e. The molecule has 1 aliphatic rings. The minimum Gasteiger partial charge on any atom is -0.340 e. The van der Waals surface area contributed by atoms with Gasteiger partial charge in [0.05, 0.1) is 23.6 Å². The van der Waals surface area contributed by atoms with Gasteiger partial charge in [-0.15, -0.1) is 0 Å². The van der Waals surface area contributed by atoms with Crippen molar-refractivity contribution in [3.05, 3.63) is 35.5 Å². The molecule has 7 nitrogen and oxygen atoms in total. The zero-order valence-electron chi connectivity index (χ0n) is 14.7. The third kappa shape index (κ3) is 3.25. The molecule has 0 spiro atoms. The van der Waals surface area contributed by atoms with Gasteiger partial charge in [0.25, 0.3) is 0 Å². The predicted octanol–water partition coefficient (Wildman–Crippen LogP) is 2.18. The first kappa shape index (κ1) is 17.8. The van der Waals surface area contributed by atoms with Crippen LogP contribution in [-0.4, -0.2) is 45.0 Å². The van der Waals surface area contributed by atoms with Crippen molar-refractivity contribution in [3.8, 4) is 0 Å². The van der Waals surface area contributed by atoms with Gasteiger partial charge in [-0.1, -0.05) is 12.1 Å². The van der Waals surface area contributed by atoms with Crippen molar-refractivity contribution < 1.29 is 17.7 Å². The second-order valence-corrected chi connectivity index (χ2v) is 6.63. The molecule has 0 radical (unpaired) electrons. The van der Waals surface area contributed by atoms with Crippen LogP contribution in [0.4, 0.5) is 19.1 Å². The van der Waals surface area contributed by atoms with Crippen LogP contribution in [0.5, 0.6) is 0 Å². The fraction of sp³-hybridized carbons (Fsp3) is 0.471. The van der Waals surface area contributed by atoms with Crippen molar-refractivity contribution in [2.24, 2.45) is 5.73 Å². The molecule has 2 aromatic heterocycles. The van der Waals surface area contributed by atoms with Gasteiger partial charge in [0.2, 0.25) is 11.8 Å². The summed E-state index contributed by atoms with van der Waals surface area (Å²) in [5.74, 6) is -0.641. The highest BCUT2D eigenvalue weighted by Crippen LogP contribution is 2.28. The van der Waals surface area contributed by atoms with E-state index in [0.717, 1.165) is 12.1 Å². The monoisotopic (exact) mass is 380 g/mol. The lowest BCUT2D eigenvalue weighted by molar-refractivity contribution is 0.243. The summed E-state index contributed by atoms with van der Waals surface area (Å²) in [6.45, 7) is 2.69. The summed E-state index contributed by atoms with van der Waals surface area (Å²) < 4.78 is 48.1. The second-order valence-electron chi connectivity index (χ2n) is 6.63. The van der Waals surface area contributed by atoms with Gasteiger partial charge >= 0.3 is 0 Å².